The van der Waals surface area contributed by atoms with Gasteiger partial charge >= 0.3 is 5.97 Å². The van der Waals surface area contributed by atoms with E-state index in [1.54, 1.807) is 48.5 Å². The monoisotopic (exact) mass is 561 g/mol. The Morgan fingerprint density at radius 3 is 2.10 bits per heavy atom. The lowest BCUT2D eigenvalue weighted by atomic mass is 10.0. The summed E-state index contributed by atoms with van der Waals surface area (Å²) in [5.74, 6) is -1.63. The van der Waals surface area contributed by atoms with Crippen molar-refractivity contribution in [2.24, 2.45) is 0 Å². The van der Waals surface area contributed by atoms with E-state index in [-0.39, 0.29) is 24.8 Å². The van der Waals surface area contributed by atoms with Crippen LogP contribution in [-0.4, -0.2) is 29.4 Å². The van der Waals surface area contributed by atoms with Crippen molar-refractivity contribution >= 4 is 52.4 Å². The minimum atomic E-state index is -0.984. The Morgan fingerprint density at radius 2 is 1.46 bits per heavy atom. The fourth-order valence-corrected chi connectivity index (χ4v) is 4.40. The van der Waals surface area contributed by atoms with Gasteiger partial charge in [0, 0.05) is 39.1 Å². The predicted molar refractivity (Wildman–Crippen MR) is 154 cm³/mol. The number of rotatable bonds is 10. The molecule has 0 aliphatic rings. The SMILES string of the molecule is O=C(O)CCNC(=O)c1ccc(N[C@H](C(=O)Nc2ccc(-c3ccc(Cl)cc3Cl)cc2)c2ccccc2)cc1. The van der Waals surface area contributed by atoms with E-state index in [1.165, 1.54) is 0 Å². The van der Waals surface area contributed by atoms with Crippen LogP contribution in [-0.2, 0) is 9.59 Å². The molecule has 0 bridgehead atoms. The summed E-state index contributed by atoms with van der Waals surface area (Å²) in [7, 11) is 0. The van der Waals surface area contributed by atoms with E-state index in [2.05, 4.69) is 16.0 Å². The minimum absolute atomic E-state index is 0.0398. The number of benzene rings is 4. The van der Waals surface area contributed by atoms with Crippen LogP contribution in [0, 0.1) is 0 Å². The first kappa shape index (κ1) is 27.7. The Morgan fingerprint density at radius 1 is 0.795 bits per heavy atom. The molecule has 0 aromatic heterocycles. The molecule has 4 N–H and O–H groups in total. The zero-order chi connectivity index (χ0) is 27.8. The molecule has 0 radical (unpaired) electrons. The topological polar surface area (TPSA) is 108 Å². The Balaban J connectivity index is 1.47. The van der Waals surface area contributed by atoms with Crippen LogP contribution in [0.5, 0.6) is 0 Å². The first-order valence-electron chi connectivity index (χ1n) is 12.1. The van der Waals surface area contributed by atoms with Crippen molar-refractivity contribution in [1.29, 1.82) is 0 Å². The number of aliphatic carboxylic acids is 1. The quantitative estimate of drug-likeness (QED) is 0.173. The van der Waals surface area contributed by atoms with Gasteiger partial charge in [-0.05, 0) is 59.7 Å². The first-order valence-corrected chi connectivity index (χ1v) is 12.8. The lowest BCUT2D eigenvalue weighted by molar-refractivity contribution is -0.136. The summed E-state index contributed by atoms with van der Waals surface area (Å²) in [6.45, 7) is 0.0398. The Labute approximate surface area is 235 Å². The fraction of sp³-hybridized carbons (Fsp3) is 0.100. The van der Waals surface area contributed by atoms with E-state index in [9.17, 15) is 14.4 Å². The highest BCUT2D eigenvalue weighted by molar-refractivity contribution is 6.36. The number of hydrogen-bond acceptors (Lipinski definition) is 4. The molecular formula is C30H25Cl2N3O4. The highest BCUT2D eigenvalue weighted by Crippen LogP contribution is 2.31. The standard InChI is InChI=1S/C30H25Cl2N3O4/c31-22-10-15-25(26(32)18-22)19-6-11-24(12-7-19)35-30(39)28(20-4-2-1-3-5-20)34-23-13-8-21(9-14-23)29(38)33-17-16-27(36)37/h1-15,18,28,34H,16-17H2,(H,33,38)(H,35,39)(H,36,37)/t28-/m0/s1. The zero-order valence-corrected chi connectivity index (χ0v) is 22.2. The molecule has 4 aromatic carbocycles. The van der Waals surface area contributed by atoms with Crippen molar-refractivity contribution in [3.8, 4) is 11.1 Å². The summed E-state index contributed by atoms with van der Waals surface area (Å²) in [5, 5.41) is 18.6. The number of hydrogen-bond donors (Lipinski definition) is 4. The summed E-state index contributed by atoms with van der Waals surface area (Å²) in [6, 6.07) is 27.8. The van der Waals surface area contributed by atoms with Crippen LogP contribution in [0.4, 0.5) is 11.4 Å². The van der Waals surface area contributed by atoms with Crippen molar-refractivity contribution in [2.45, 2.75) is 12.5 Å². The van der Waals surface area contributed by atoms with Crippen LogP contribution in [0.25, 0.3) is 11.1 Å². The van der Waals surface area contributed by atoms with E-state index in [4.69, 9.17) is 28.3 Å². The van der Waals surface area contributed by atoms with E-state index in [0.717, 1.165) is 16.7 Å². The second-order valence-electron chi connectivity index (χ2n) is 8.66. The van der Waals surface area contributed by atoms with Gasteiger partial charge in [-0.2, -0.15) is 0 Å². The van der Waals surface area contributed by atoms with E-state index in [0.29, 0.717) is 27.0 Å². The van der Waals surface area contributed by atoms with Crippen molar-refractivity contribution in [3.05, 3.63) is 118 Å². The predicted octanol–water partition coefficient (Wildman–Crippen LogP) is 6.66. The third-order valence-electron chi connectivity index (χ3n) is 5.87. The van der Waals surface area contributed by atoms with Gasteiger partial charge in [-0.25, -0.2) is 0 Å². The molecule has 4 aromatic rings. The lowest BCUT2D eigenvalue weighted by Crippen LogP contribution is -2.27. The molecule has 1 atom stereocenters. The Bertz CT molecular complexity index is 1460. The average molecular weight is 562 g/mol. The normalized spacial score (nSPS) is 11.3. The van der Waals surface area contributed by atoms with Gasteiger partial charge in [0.2, 0.25) is 0 Å². The molecule has 2 amide bonds. The summed E-state index contributed by atoms with van der Waals surface area (Å²) in [6.07, 6.45) is -0.156. The maximum absolute atomic E-state index is 13.4. The van der Waals surface area contributed by atoms with E-state index < -0.39 is 12.0 Å². The first-order chi connectivity index (χ1) is 18.8. The molecule has 0 fully saturated rings. The number of carboxylic acids is 1. The molecule has 0 spiro atoms. The molecule has 198 valence electrons. The van der Waals surface area contributed by atoms with Gasteiger partial charge in [0.1, 0.15) is 6.04 Å². The van der Waals surface area contributed by atoms with Crippen LogP contribution < -0.4 is 16.0 Å². The molecule has 0 saturated carbocycles. The molecule has 4 rings (SSSR count). The number of halogens is 2. The number of nitrogens with one attached hydrogen (secondary N) is 3. The van der Waals surface area contributed by atoms with Crippen molar-refractivity contribution in [3.63, 3.8) is 0 Å². The molecule has 0 aliphatic carbocycles. The minimum Gasteiger partial charge on any atom is -0.481 e. The van der Waals surface area contributed by atoms with E-state index >= 15 is 0 Å². The number of carboxylic acid groups (broad SMARTS) is 1. The van der Waals surface area contributed by atoms with Crippen LogP contribution in [0.2, 0.25) is 10.0 Å². The molecule has 0 unspecified atom stereocenters. The van der Waals surface area contributed by atoms with Gasteiger partial charge < -0.3 is 21.1 Å². The summed E-state index contributed by atoms with van der Waals surface area (Å²) in [5.41, 5.74) is 4.11. The highest BCUT2D eigenvalue weighted by Gasteiger charge is 2.21. The largest absolute Gasteiger partial charge is 0.481 e. The van der Waals surface area contributed by atoms with Gasteiger partial charge in [-0.15, -0.1) is 0 Å². The fourth-order valence-electron chi connectivity index (χ4n) is 3.89. The second kappa shape index (κ2) is 13.0. The maximum atomic E-state index is 13.4. The maximum Gasteiger partial charge on any atom is 0.305 e. The molecule has 0 aliphatic heterocycles. The van der Waals surface area contributed by atoms with Crippen molar-refractivity contribution in [2.75, 3.05) is 17.2 Å². The van der Waals surface area contributed by atoms with Crippen LogP contribution in [0.3, 0.4) is 0 Å². The lowest BCUT2D eigenvalue weighted by Gasteiger charge is -2.20. The van der Waals surface area contributed by atoms with Crippen LogP contribution in [0.1, 0.15) is 28.4 Å². The highest BCUT2D eigenvalue weighted by atomic mass is 35.5. The number of anilines is 2. The molecule has 39 heavy (non-hydrogen) atoms. The van der Waals surface area contributed by atoms with Gasteiger partial charge in [0.25, 0.3) is 11.8 Å². The van der Waals surface area contributed by atoms with Gasteiger partial charge in [-0.3, -0.25) is 14.4 Å². The van der Waals surface area contributed by atoms with Crippen LogP contribution in [0.15, 0.2) is 97.1 Å². The third-order valence-corrected chi connectivity index (χ3v) is 6.42. The van der Waals surface area contributed by atoms with E-state index in [1.807, 2.05) is 48.5 Å². The molecule has 7 nitrogen and oxygen atoms in total. The number of carbonyl (C=O) groups excluding carboxylic acids is 2. The average Bonchev–Trinajstić information content (AvgIpc) is 2.93. The molecule has 0 heterocycles. The molecule has 9 heteroatoms. The van der Waals surface area contributed by atoms with Gasteiger partial charge in [0.05, 0.1) is 6.42 Å². The zero-order valence-electron chi connectivity index (χ0n) is 20.7. The second-order valence-corrected chi connectivity index (χ2v) is 9.50. The molecular weight excluding hydrogens is 537 g/mol. The van der Waals surface area contributed by atoms with Gasteiger partial charge in [0.15, 0.2) is 0 Å². The molecule has 0 saturated heterocycles. The smallest absolute Gasteiger partial charge is 0.305 e. The van der Waals surface area contributed by atoms with Crippen LogP contribution >= 0.6 is 23.2 Å². The van der Waals surface area contributed by atoms with Crippen molar-refractivity contribution < 1.29 is 19.5 Å². The Hall–Kier alpha value is -4.33. The summed E-state index contributed by atoms with van der Waals surface area (Å²) in [4.78, 5) is 36.3. The Kier molecular flexibility index (Phi) is 9.20. The van der Waals surface area contributed by atoms with Gasteiger partial charge in [-0.1, -0.05) is 71.7 Å². The van der Waals surface area contributed by atoms with Crippen molar-refractivity contribution in [1.82, 2.24) is 5.32 Å². The summed E-state index contributed by atoms with van der Waals surface area (Å²) >= 11 is 12.3. The third kappa shape index (κ3) is 7.60. The number of amides is 2. The summed E-state index contributed by atoms with van der Waals surface area (Å²) < 4.78 is 0. The number of carbonyl (C=O) groups is 3.